The van der Waals surface area contributed by atoms with Crippen LogP contribution in [-0.2, 0) is 11.3 Å². The lowest BCUT2D eigenvalue weighted by atomic mass is 10.1. The SMILES string of the molecule is CC(C)Oc1ccc2c(c1)c1[nH]c(=O)c3ccccc3c1n2CCCCC(=O)NO. The maximum atomic E-state index is 12.7. The lowest BCUT2D eigenvalue weighted by Crippen LogP contribution is -2.18. The highest BCUT2D eigenvalue weighted by Gasteiger charge is 2.16. The van der Waals surface area contributed by atoms with Crippen LogP contribution in [0.5, 0.6) is 5.75 Å². The van der Waals surface area contributed by atoms with Crippen LogP contribution >= 0.6 is 0 Å². The van der Waals surface area contributed by atoms with E-state index in [0.29, 0.717) is 18.4 Å². The summed E-state index contributed by atoms with van der Waals surface area (Å²) in [6.45, 7) is 4.63. The summed E-state index contributed by atoms with van der Waals surface area (Å²) in [5.41, 5.74) is 4.31. The zero-order valence-corrected chi connectivity index (χ0v) is 17.1. The summed E-state index contributed by atoms with van der Waals surface area (Å²) in [5, 5.41) is 11.2. The first kappa shape index (κ1) is 20.0. The monoisotopic (exact) mass is 407 g/mol. The van der Waals surface area contributed by atoms with Gasteiger partial charge >= 0.3 is 0 Å². The Morgan fingerprint density at radius 2 is 1.90 bits per heavy atom. The van der Waals surface area contributed by atoms with Crippen LogP contribution in [0.3, 0.4) is 0 Å². The fourth-order valence-electron chi connectivity index (χ4n) is 4.00. The normalized spacial score (nSPS) is 11.6. The van der Waals surface area contributed by atoms with E-state index in [-0.39, 0.29) is 24.0 Å². The standard InChI is InChI=1S/C23H25N3O4/c1-14(2)30-15-10-11-19-18(13-15)21-22(26(19)12-6-5-9-20(27)25-29)16-7-3-4-8-17(16)23(28)24-21/h3-4,7-8,10-11,13-14,29H,5-6,9,12H2,1-2H3,(H,24,28)(H,25,27). The Hall–Kier alpha value is -3.32. The van der Waals surface area contributed by atoms with Gasteiger partial charge in [0.05, 0.1) is 22.7 Å². The number of aryl methyl sites for hydroxylation is 1. The Morgan fingerprint density at radius 1 is 1.13 bits per heavy atom. The van der Waals surface area contributed by atoms with Crippen molar-refractivity contribution in [1.82, 2.24) is 15.0 Å². The molecule has 0 unspecified atom stereocenters. The van der Waals surface area contributed by atoms with Gasteiger partial charge in [0.2, 0.25) is 5.91 Å². The third-order valence-electron chi connectivity index (χ3n) is 5.23. The van der Waals surface area contributed by atoms with Gasteiger partial charge in [0.25, 0.3) is 5.56 Å². The van der Waals surface area contributed by atoms with Crippen LogP contribution in [0.4, 0.5) is 0 Å². The molecule has 4 aromatic rings. The lowest BCUT2D eigenvalue weighted by molar-refractivity contribution is -0.129. The Balaban J connectivity index is 1.89. The fourth-order valence-corrected chi connectivity index (χ4v) is 4.00. The second-order valence-electron chi connectivity index (χ2n) is 7.71. The topological polar surface area (TPSA) is 96.4 Å². The van der Waals surface area contributed by atoms with Gasteiger partial charge in [-0.2, -0.15) is 0 Å². The van der Waals surface area contributed by atoms with Crippen molar-refractivity contribution in [2.24, 2.45) is 0 Å². The molecule has 0 radical (unpaired) electrons. The highest BCUT2D eigenvalue weighted by molar-refractivity contribution is 6.15. The number of aromatic amines is 1. The number of hydrogen-bond donors (Lipinski definition) is 3. The number of H-pyrrole nitrogens is 1. The summed E-state index contributed by atoms with van der Waals surface area (Å²) in [7, 11) is 0. The molecule has 2 aromatic heterocycles. The van der Waals surface area contributed by atoms with Gasteiger partial charge in [0, 0.05) is 29.1 Å². The maximum absolute atomic E-state index is 12.7. The molecule has 0 atom stereocenters. The molecule has 0 fully saturated rings. The van der Waals surface area contributed by atoms with Crippen molar-refractivity contribution in [3.63, 3.8) is 0 Å². The number of hydrogen-bond acceptors (Lipinski definition) is 4. The number of pyridine rings is 1. The fraction of sp³-hybridized carbons (Fsp3) is 0.304. The van der Waals surface area contributed by atoms with E-state index < -0.39 is 0 Å². The highest BCUT2D eigenvalue weighted by Crippen LogP contribution is 2.34. The molecule has 30 heavy (non-hydrogen) atoms. The number of hydroxylamine groups is 1. The minimum absolute atomic E-state index is 0.0494. The second kappa shape index (κ2) is 8.20. The van der Waals surface area contributed by atoms with Crippen LogP contribution in [-0.4, -0.2) is 26.8 Å². The average Bonchev–Trinajstić information content (AvgIpc) is 3.04. The van der Waals surface area contributed by atoms with E-state index in [1.807, 2.05) is 56.3 Å². The number of rotatable bonds is 7. The van der Waals surface area contributed by atoms with E-state index in [2.05, 4.69) is 9.55 Å². The summed E-state index contributed by atoms with van der Waals surface area (Å²) < 4.78 is 8.06. The van der Waals surface area contributed by atoms with Crippen molar-refractivity contribution in [2.75, 3.05) is 0 Å². The summed E-state index contributed by atoms with van der Waals surface area (Å²) in [6.07, 6.45) is 1.71. The minimum atomic E-state index is -0.387. The largest absolute Gasteiger partial charge is 0.491 e. The summed E-state index contributed by atoms with van der Waals surface area (Å²) in [5.74, 6) is 0.368. The molecule has 7 heteroatoms. The van der Waals surface area contributed by atoms with Crippen molar-refractivity contribution in [3.05, 3.63) is 52.8 Å². The minimum Gasteiger partial charge on any atom is -0.491 e. The van der Waals surface area contributed by atoms with Crippen LogP contribution < -0.4 is 15.8 Å². The molecule has 1 amide bonds. The smallest absolute Gasteiger partial charge is 0.256 e. The molecule has 0 saturated carbocycles. The van der Waals surface area contributed by atoms with E-state index in [0.717, 1.165) is 39.5 Å². The van der Waals surface area contributed by atoms with E-state index in [1.54, 1.807) is 5.48 Å². The number of nitrogens with one attached hydrogen (secondary N) is 2. The molecule has 3 N–H and O–H groups in total. The molecular formula is C23H25N3O4. The number of aromatic nitrogens is 2. The first-order chi connectivity index (χ1) is 14.5. The third-order valence-corrected chi connectivity index (χ3v) is 5.23. The molecule has 2 heterocycles. The van der Waals surface area contributed by atoms with Gasteiger partial charge in [0.1, 0.15) is 5.75 Å². The zero-order chi connectivity index (χ0) is 21.3. The number of unbranched alkanes of at least 4 members (excludes halogenated alkanes) is 1. The first-order valence-corrected chi connectivity index (χ1v) is 10.2. The van der Waals surface area contributed by atoms with Crippen LogP contribution in [0, 0.1) is 0 Å². The Kier molecular flexibility index (Phi) is 5.46. The number of fused-ring (bicyclic) bond motifs is 5. The number of amides is 1. The molecule has 0 aliphatic rings. The summed E-state index contributed by atoms with van der Waals surface area (Å²) in [4.78, 5) is 27.1. The number of carbonyl (C=O) groups is 1. The number of carbonyl (C=O) groups excluding carboxylic acids is 1. The van der Waals surface area contributed by atoms with E-state index in [1.165, 1.54) is 0 Å². The van der Waals surface area contributed by atoms with Crippen LogP contribution in [0.1, 0.15) is 33.1 Å². The quantitative estimate of drug-likeness (QED) is 0.244. The second-order valence-corrected chi connectivity index (χ2v) is 7.71. The van der Waals surface area contributed by atoms with Gasteiger partial charge in [-0.25, -0.2) is 5.48 Å². The molecule has 4 rings (SSSR count). The third kappa shape index (κ3) is 3.64. The highest BCUT2D eigenvalue weighted by atomic mass is 16.5. The van der Waals surface area contributed by atoms with Crippen molar-refractivity contribution in [2.45, 2.75) is 45.8 Å². The summed E-state index contributed by atoms with van der Waals surface area (Å²) >= 11 is 0. The van der Waals surface area contributed by atoms with Crippen molar-refractivity contribution >= 4 is 38.6 Å². The van der Waals surface area contributed by atoms with Gasteiger partial charge in [-0.1, -0.05) is 18.2 Å². The first-order valence-electron chi connectivity index (χ1n) is 10.2. The Bertz CT molecular complexity index is 1290. The molecule has 0 bridgehead atoms. The predicted octanol–water partition coefficient (Wildman–Crippen LogP) is 4.10. The molecule has 0 aliphatic carbocycles. The van der Waals surface area contributed by atoms with Gasteiger partial charge in [-0.05, 0) is 51.0 Å². The van der Waals surface area contributed by atoms with Crippen LogP contribution in [0.15, 0.2) is 47.3 Å². The molecular weight excluding hydrogens is 382 g/mol. The Labute approximate surface area is 173 Å². The van der Waals surface area contributed by atoms with Gasteiger partial charge < -0.3 is 14.3 Å². The molecule has 156 valence electrons. The maximum Gasteiger partial charge on any atom is 0.256 e. The molecule has 2 aromatic carbocycles. The van der Waals surface area contributed by atoms with Gasteiger partial charge in [0.15, 0.2) is 0 Å². The van der Waals surface area contributed by atoms with E-state index in [9.17, 15) is 9.59 Å². The zero-order valence-electron chi connectivity index (χ0n) is 17.1. The van der Waals surface area contributed by atoms with Crippen LogP contribution in [0.25, 0.3) is 32.7 Å². The summed E-state index contributed by atoms with van der Waals surface area (Å²) in [6, 6.07) is 13.5. The average molecular weight is 407 g/mol. The van der Waals surface area contributed by atoms with E-state index >= 15 is 0 Å². The number of benzene rings is 2. The molecule has 0 saturated heterocycles. The van der Waals surface area contributed by atoms with Crippen molar-refractivity contribution in [3.8, 4) is 5.75 Å². The molecule has 7 nitrogen and oxygen atoms in total. The number of ether oxygens (including phenoxy) is 1. The van der Waals surface area contributed by atoms with Gasteiger partial charge in [-0.3, -0.25) is 14.8 Å². The van der Waals surface area contributed by atoms with E-state index in [4.69, 9.17) is 9.94 Å². The molecule has 0 aliphatic heterocycles. The van der Waals surface area contributed by atoms with Crippen molar-refractivity contribution < 1.29 is 14.7 Å². The van der Waals surface area contributed by atoms with Gasteiger partial charge in [-0.15, -0.1) is 0 Å². The van der Waals surface area contributed by atoms with Crippen molar-refractivity contribution in [1.29, 1.82) is 0 Å². The lowest BCUT2D eigenvalue weighted by Gasteiger charge is -2.11. The predicted molar refractivity (Wildman–Crippen MR) is 117 cm³/mol. The molecule has 0 spiro atoms. The van der Waals surface area contributed by atoms with Crippen LogP contribution in [0.2, 0.25) is 0 Å². The number of nitrogens with zero attached hydrogens (tertiary/aromatic N) is 1. The Morgan fingerprint density at radius 3 is 2.63 bits per heavy atom.